The van der Waals surface area contributed by atoms with Crippen molar-refractivity contribution in [2.24, 2.45) is 11.7 Å². The minimum Gasteiger partial charge on any atom is -0.342 e. The van der Waals surface area contributed by atoms with Gasteiger partial charge in [-0.3, -0.25) is 4.79 Å². The van der Waals surface area contributed by atoms with Gasteiger partial charge in [-0.25, -0.2) is 0 Å². The van der Waals surface area contributed by atoms with Crippen molar-refractivity contribution in [1.29, 1.82) is 0 Å². The molecule has 19 heavy (non-hydrogen) atoms. The average molecular weight is 267 g/mol. The van der Waals surface area contributed by atoms with Gasteiger partial charge in [-0.05, 0) is 58.2 Å². The number of likely N-dealkylation sites (tertiary alicyclic amines) is 2. The van der Waals surface area contributed by atoms with Gasteiger partial charge in [-0.1, -0.05) is 6.92 Å². The van der Waals surface area contributed by atoms with Crippen LogP contribution in [0, 0.1) is 5.92 Å². The zero-order valence-electron chi connectivity index (χ0n) is 12.3. The molecule has 2 fully saturated rings. The number of piperidine rings is 1. The second-order valence-electron chi connectivity index (χ2n) is 6.13. The molecule has 0 aliphatic carbocycles. The zero-order valence-corrected chi connectivity index (χ0v) is 12.3. The largest absolute Gasteiger partial charge is 0.342 e. The van der Waals surface area contributed by atoms with Crippen LogP contribution in [0.5, 0.6) is 0 Å². The van der Waals surface area contributed by atoms with E-state index < -0.39 is 0 Å². The van der Waals surface area contributed by atoms with Crippen LogP contribution in [0.25, 0.3) is 0 Å². The van der Waals surface area contributed by atoms with Gasteiger partial charge >= 0.3 is 0 Å². The number of carbonyl (C=O) groups excluding carboxylic acids is 1. The van der Waals surface area contributed by atoms with E-state index in [0.717, 1.165) is 44.8 Å². The SMILES string of the molecule is CC(CCCN)C(=O)N1CCC(N2CCCC2)CC1. The standard InChI is InChI=1S/C15H29N3O/c1-13(5-4-8-16)15(19)18-11-6-14(7-12-18)17-9-2-3-10-17/h13-14H,2-12,16H2,1H3. The predicted molar refractivity (Wildman–Crippen MR) is 77.9 cm³/mol. The van der Waals surface area contributed by atoms with Crippen LogP contribution in [0.1, 0.15) is 45.4 Å². The van der Waals surface area contributed by atoms with Crippen molar-refractivity contribution >= 4 is 5.91 Å². The van der Waals surface area contributed by atoms with Crippen LogP contribution >= 0.6 is 0 Å². The summed E-state index contributed by atoms with van der Waals surface area (Å²) in [5.41, 5.74) is 5.51. The highest BCUT2D eigenvalue weighted by atomic mass is 16.2. The molecule has 1 unspecified atom stereocenters. The Morgan fingerprint density at radius 1 is 1.21 bits per heavy atom. The summed E-state index contributed by atoms with van der Waals surface area (Å²) >= 11 is 0. The third-order valence-electron chi connectivity index (χ3n) is 4.70. The summed E-state index contributed by atoms with van der Waals surface area (Å²) in [6, 6.07) is 0.728. The number of hydrogen-bond donors (Lipinski definition) is 1. The Kier molecular flexibility index (Phi) is 5.64. The van der Waals surface area contributed by atoms with E-state index in [1.165, 1.54) is 25.9 Å². The second-order valence-corrected chi connectivity index (χ2v) is 6.13. The maximum Gasteiger partial charge on any atom is 0.225 e. The lowest BCUT2D eigenvalue weighted by Crippen LogP contribution is -2.47. The first kappa shape index (κ1) is 14.8. The Morgan fingerprint density at radius 3 is 2.42 bits per heavy atom. The van der Waals surface area contributed by atoms with Crippen LogP contribution in [-0.2, 0) is 4.79 Å². The molecule has 110 valence electrons. The quantitative estimate of drug-likeness (QED) is 0.820. The van der Waals surface area contributed by atoms with Crippen LogP contribution in [0.4, 0.5) is 0 Å². The van der Waals surface area contributed by atoms with E-state index in [1.54, 1.807) is 0 Å². The Labute approximate surface area is 117 Å². The summed E-state index contributed by atoms with van der Waals surface area (Å²) in [5.74, 6) is 0.486. The molecule has 4 heteroatoms. The third-order valence-corrected chi connectivity index (χ3v) is 4.70. The van der Waals surface area contributed by atoms with Gasteiger partial charge < -0.3 is 15.5 Å². The summed E-state index contributed by atoms with van der Waals surface area (Å²) < 4.78 is 0. The van der Waals surface area contributed by atoms with E-state index in [1.807, 2.05) is 6.92 Å². The summed E-state index contributed by atoms with van der Waals surface area (Å²) in [6.07, 6.45) is 6.92. The highest BCUT2D eigenvalue weighted by Gasteiger charge is 2.29. The molecule has 0 bridgehead atoms. The normalized spacial score (nSPS) is 23.8. The maximum absolute atomic E-state index is 12.3. The molecule has 0 saturated carbocycles. The van der Waals surface area contributed by atoms with Gasteiger partial charge in [0.1, 0.15) is 0 Å². The van der Waals surface area contributed by atoms with Gasteiger partial charge in [0.15, 0.2) is 0 Å². The predicted octanol–water partition coefficient (Wildman–Crippen LogP) is 1.45. The van der Waals surface area contributed by atoms with Gasteiger partial charge in [-0.15, -0.1) is 0 Å². The fraction of sp³-hybridized carbons (Fsp3) is 0.933. The molecule has 0 aromatic heterocycles. The van der Waals surface area contributed by atoms with Gasteiger partial charge in [0.2, 0.25) is 5.91 Å². The number of nitrogens with zero attached hydrogens (tertiary/aromatic N) is 2. The molecule has 1 amide bonds. The molecule has 2 N–H and O–H groups in total. The molecular formula is C15H29N3O. The first-order valence-electron chi connectivity index (χ1n) is 7.95. The Balaban J connectivity index is 1.74. The zero-order chi connectivity index (χ0) is 13.7. The van der Waals surface area contributed by atoms with E-state index in [2.05, 4.69) is 9.80 Å². The Morgan fingerprint density at radius 2 is 1.84 bits per heavy atom. The number of amides is 1. The number of hydrogen-bond acceptors (Lipinski definition) is 3. The molecule has 0 aromatic rings. The first-order chi connectivity index (χ1) is 9.22. The molecule has 2 aliphatic rings. The lowest BCUT2D eigenvalue weighted by molar-refractivity contribution is -0.136. The number of carbonyl (C=O) groups is 1. The van der Waals surface area contributed by atoms with Crippen LogP contribution in [-0.4, -0.2) is 54.5 Å². The Bertz CT molecular complexity index is 281. The van der Waals surface area contributed by atoms with Crippen molar-refractivity contribution < 1.29 is 4.79 Å². The molecule has 2 rings (SSSR count). The smallest absolute Gasteiger partial charge is 0.225 e. The average Bonchev–Trinajstić information content (AvgIpc) is 2.98. The van der Waals surface area contributed by atoms with E-state index in [-0.39, 0.29) is 5.92 Å². The summed E-state index contributed by atoms with van der Waals surface area (Å²) in [6.45, 7) is 7.18. The fourth-order valence-corrected chi connectivity index (χ4v) is 3.42. The van der Waals surface area contributed by atoms with Crippen molar-refractivity contribution in [1.82, 2.24) is 9.80 Å². The van der Waals surface area contributed by atoms with Crippen molar-refractivity contribution in [2.45, 2.75) is 51.5 Å². The van der Waals surface area contributed by atoms with Crippen LogP contribution in [0.15, 0.2) is 0 Å². The summed E-state index contributed by atoms with van der Waals surface area (Å²) in [4.78, 5) is 17.0. The molecule has 4 nitrogen and oxygen atoms in total. The minimum atomic E-state index is 0.145. The van der Waals surface area contributed by atoms with Crippen molar-refractivity contribution in [3.8, 4) is 0 Å². The first-order valence-corrected chi connectivity index (χ1v) is 7.95. The van der Waals surface area contributed by atoms with E-state index in [4.69, 9.17) is 5.73 Å². The van der Waals surface area contributed by atoms with Crippen LogP contribution in [0.3, 0.4) is 0 Å². The second kappa shape index (κ2) is 7.25. The third kappa shape index (κ3) is 3.93. The van der Waals surface area contributed by atoms with Crippen LogP contribution < -0.4 is 5.73 Å². The molecule has 2 saturated heterocycles. The summed E-state index contributed by atoms with van der Waals surface area (Å²) in [5, 5.41) is 0. The van der Waals surface area contributed by atoms with Gasteiger partial charge in [0.25, 0.3) is 0 Å². The van der Waals surface area contributed by atoms with E-state index >= 15 is 0 Å². The lowest BCUT2D eigenvalue weighted by atomic mass is 9.99. The summed E-state index contributed by atoms with van der Waals surface area (Å²) in [7, 11) is 0. The van der Waals surface area contributed by atoms with Crippen molar-refractivity contribution in [3.05, 3.63) is 0 Å². The highest BCUT2D eigenvalue weighted by molar-refractivity contribution is 5.78. The number of rotatable bonds is 5. The van der Waals surface area contributed by atoms with Crippen molar-refractivity contribution in [3.63, 3.8) is 0 Å². The maximum atomic E-state index is 12.3. The highest BCUT2D eigenvalue weighted by Crippen LogP contribution is 2.22. The molecule has 2 aliphatic heterocycles. The molecule has 1 atom stereocenters. The lowest BCUT2D eigenvalue weighted by Gasteiger charge is -2.37. The molecule has 0 spiro atoms. The molecular weight excluding hydrogens is 238 g/mol. The Hall–Kier alpha value is -0.610. The topological polar surface area (TPSA) is 49.6 Å². The van der Waals surface area contributed by atoms with Gasteiger partial charge in [0.05, 0.1) is 0 Å². The van der Waals surface area contributed by atoms with E-state index in [0.29, 0.717) is 12.5 Å². The van der Waals surface area contributed by atoms with Gasteiger partial charge in [0, 0.05) is 25.0 Å². The molecule has 2 heterocycles. The monoisotopic (exact) mass is 267 g/mol. The number of nitrogens with two attached hydrogens (primary N) is 1. The fourth-order valence-electron chi connectivity index (χ4n) is 3.42. The van der Waals surface area contributed by atoms with Crippen LogP contribution in [0.2, 0.25) is 0 Å². The molecule has 0 radical (unpaired) electrons. The van der Waals surface area contributed by atoms with E-state index in [9.17, 15) is 4.79 Å². The molecule has 0 aromatic carbocycles. The van der Waals surface area contributed by atoms with Crippen molar-refractivity contribution in [2.75, 3.05) is 32.7 Å². The minimum absolute atomic E-state index is 0.145. The van der Waals surface area contributed by atoms with Gasteiger partial charge in [-0.2, -0.15) is 0 Å².